The summed E-state index contributed by atoms with van der Waals surface area (Å²) in [4.78, 5) is 0. The molecule has 1 rings (SSSR count). The van der Waals surface area contributed by atoms with E-state index in [1.165, 1.54) is 12.8 Å². The van der Waals surface area contributed by atoms with Crippen LogP contribution >= 0.6 is 0 Å². The van der Waals surface area contributed by atoms with Crippen LogP contribution in [-0.4, -0.2) is 52.2 Å². The third kappa shape index (κ3) is 7.73. The van der Waals surface area contributed by atoms with Crippen LogP contribution in [0.5, 0.6) is 0 Å². The van der Waals surface area contributed by atoms with E-state index in [0.717, 1.165) is 12.6 Å². The molecule has 4 nitrogen and oxygen atoms in total. The second kappa shape index (κ2) is 8.05. The van der Waals surface area contributed by atoms with Crippen molar-refractivity contribution < 1.29 is 14.2 Å². The Kier molecular flexibility index (Phi) is 6.92. The van der Waals surface area contributed by atoms with Gasteiger partial charge in [0.25, 0.3) is 0 Å². The van der Waals surface area contributed by atoms with Gasteiger partial charge in [0.15, 0.2) is 0 Å². The summed E-state index contributed by atoms with van der Waals surface area (Å²) in [5.41, 5.74) is 0. The Morgan fingerprint density at radius 3 is 2.60 bits per heavy atom. The largest absolute Gasteiger partial charge is 0.382 e. The van der Waals surface area contributed by atoms with Gasteiger partial charge in [-0.3, -0.25) is 0 Å². The zero-order valence-electron chi connectivity index (χ0n) is 9.83. The Labute approximate surface area is 92.3 Å². The Balaban J connectivity index is 1.77. The lowest BCUT2D eigenvalue weighted by molar-refractivity contribution is 0.00000174. The zero-order chi connectivity index (χ0) is 10.9. The molecule has 0 bridgehead atoms. The number of ether oxygens (including phenoxy) is 3. The van der Waals surface area contributed by atoms with Crippen LogP contribution in [0.15, 0.2) is 0 Å². The first-order chi connectivity index (χ1) is 7.33. The molecule has 1 aliphatic rings. The van der Waals surface area contributed by atoms with Crippen LogP contribution in [0, 0.1) is 0 Å². The molecule has 4 heteroatoms. The molecule has 90 valence electrons. The molecule has 0 aromatic heterocycles. The highest BCUT2D eigenvalue weighted by molar-refractivity contribution is 4.81. The SMILES string of the molecule is COCCOCCOC(C)CNC1CC1. The predicted molar refractivity (Wildman–Crippen MR) is 59.1 cm³/mol. The van der Waals surface area contributed by atoms with Gasteiger partial charge in [-0.1, -0.05) is 0 Å². The molecule has 0 aromatic rings. The molecule has 15 heavy (non-hydrogen) atoms. The normalized spacial score (nSPS) is 18.0. The standard InChI is InChI=1S/C11H23NO3/c1-10(9-12-11-3-4-11)15-8-7-14-6-5-13-2/h10-12H,3-9H2,1-2H3. The van der Waals surface area contributed by atoms with E-state index in [1.54, 1.807) is 7.11 Å². The summed E-state index contributed by atoms with van der Waals surface area (Å²) in [7, 11) is 1.67. The molecule has 1 atom stereocenters. The maximum Gasteiger partial charge on any atom is 0.0704 e. The van der Waals surface area contributed by atoms with Gasteiger partial charge in [0.1, 0.15) is 0 Å². The minimum Gasteiger partial charge on any atom is -0.382 e. The fourth-order valence-corrected chi connectivity index (χ4v) is 1.23. The van der Waals surface area contributed by atoms with Crippen molar-refractivity contribution in [1.82, 2.24) is 5.32 Å². The number of rotatable bonds is 10. The second-order valence-corrected chi connectivity index (χ2v) is 3.97. The van der Waals surface area contributed by atoms with Crippen molar-refractivity contribution in [2.24, 2.45) is 0 Å². The first-order valence-corrected chi connectivity index (χ1v) is 5.74. The van der Waals surface area contributed by atoms with Crippen molar-refractivity contribution in [2.45, 2.75) is 31.9 Å². The van der Waals surface area contributed by atoms with Gasteiger partial charge in [-0.25, -0.2) is 0 Å². The van der Waals surface area contributed by atoms with E-state index >= 15 is 0 Å². The summed E-state index contributed by atoms with van der Waals surface area (Å²) >= 11 is 0. The predicted octanol–water partition coefficient (Wildman–Crippen LogP) is 0.806. The quantitative estimate of drug-likeness (QED) is 0.550. The van der Waals surface area contributed by atoms with Gasteiger partial charge in [0.2, 0.25) is 0 Å². The van der Waals surface area contributed by atoms with Crippen LogP contribution in [0.25, 0.3) is 0 Å². The van der Waals surface area contributed by atoms with E-state index < -0.39 is 0 Å². The summed E-state index contributed by atoms with van der Waals surface area (Å²) in [6.07, 6.45) is 2.93. The maximum atomic E-state index is 5.57. The number of hydrogen-bond donors (Lipinski definition) is 1. The minimum absolute atomic E-state index is 0.275. The van der Waals surface area contributed by atoms with Crippen molar-refractivity contribution in [1.29, 1.82) is 0 Å². The van der Waals surface area contributed by atoms with E-state index in [2.05, 4.69) is 12.2 Å². The Morgan fingerprint density at radius 2 is 1.93 bits per heavy atom. The minimum atomic E-state index is 0.275. The summed E-state index contributed by atoms with van der Waals surface area (Å²) in [6.45, 7) is 5.65. The van der Waals surface area contributed by atoms with Gasteiger partial charge in [-0.15, -0.1) is 0 Å². The molecule has 0 aromatic carbocycles. The summed E-state index contributed by atoms with van der Waals surface area (Å²) in [5, 5.41) is 3.43. The van der Waals surface area contributed by atoms with Gasteiger partial charge in [-0.05, 0) is 19.8 Å². The molecule has 1 fully saturated rings. The van der Waals surface area contributed by atoms with E-state index in [0.29, 0.717) is 26.4 Å². The van der Waals surface area contributed by atoms with Gasteiger partial charge in [-0.2, -0.15) is 0 Å². The third-order valence-corrected chi connectivity index (χ3v) is 2.33. The number of methoxy groups -OCH3 is 1. The first-order valence-electron chi connectivity index (χ1n) is 5.74. The smallest absolute Gasteiger partial charge is 0.0704 e. The molecule has 1 N–H and O–H groups in total. The van der Waals surface area contributed by atoms with Gasteiger partial charge >= 0.3 is 0 Å². The lowest BCUT2D eigenvalue weighted by Crippen LogP contribution is -2.29. The molecule has 1 aliphatic carbocycles. The second-order valence-electron chi connectivity index (χ2n) is 3.97. The fourth-order valence-electron chi connectivity index (χ4n) is 1.23. The van der Waals surface area contributed by atoms with Crippen LogP contribution in [0.1, 0.15) is 19.8 Å². The van der Waals surface area contributed by atoms with Crippen molar-refractivity contribution in [2.75, 3.05) is 40.1 Å². The monoisotopic (exact) mass is 217 g/mol. The molecule has 0 radical (unpaired) electrons. The average molecular weight is 217 g/mol. The summed E-state index contributed by atoms with van der Waals surface area (Å²) in [6, 6.07) is 0.758. The van der Waals surface area contributed by atoms with E-state index in [4.69, 9.17) is 14.2 Å². The Hall–Kier alpha value is -0.160. The van der Waals surface area contributed by atoms with Crippen LogP contribution in [0.2, 0.25) is 0 Å². The Bertz CT molecular complexity index is 151. The molecular formula is C11H23NO3. The molecule has 1 saturated carbocycles. The number of nitrogens with one attached hydrogen (secondary N) is 1. The Morgan fingerprint density at radius 1 is 1.20 bits per heavy atom. The van der Waals surface area contributed by atoms with Gasteiger partial charge < -0.3 is 19.5 Å². The fraction of sp³-hybridized carbons (Fsp3) is 1.00. The molecule has 1 unspecified atom stereocenters. The van der Waals surface area contributed by atoms with Crippen molar-refractivity contribution in [3.63, 3.8) is 0 Å². The molecule has 0 heterocycles. The van der Waals surface area contributed by atoms with Crippen LogP contribution in [0.4, 0.5) is 0 Å². The highest BCUT2D eigenvalue weighted by Gasteiger charge is 2.20. The molecular weight excluding hydrogens is 194 g/mol. The van der Waals surface area contributed by atoms with Gasteiger partial charge in [0.05, 0.1) is 32.5 Å². The van der Waals surface area contributed by atoms with E-state index in [-0.39, 0.29) is 6.10 Å². The van der Waals surface area contributed by atoms with Gasteiger partial charge in [0, 0.05) is 19.7 Å². The van der Waals surface area contributed by atoms with Crippen molar-refractivity contribution in [3.8, 4) is 0 Å². The summed E-state index contributed by atoms with van der Waals surface area (Å²) in [5.74, 6) is 0. The van der Waals surface area contributed by atoms with Crippen LogP contribution < -0.4 is 5.32 Å². The topological polar surface area (TPSA) is 39.7 Å². The van der Waals surface area contributed by atoms with E-state index in [9.17, 15) is 0 Å². The lowest BCUT2D eigenvalue weighted by Gasteiger charge is -2.13. The highest BCUT2D eigenvalue weighted by atomic mass is 16.5. The third-order valence-electron chi connectivity index (χ3n) is 2.33. The molecule has 0 spiro atoms. The van der Waals surface area contributed by atoms with Crippen molar-refractivity contribution >= 4 is 0 Å². The molecule has 0 aliphatic heterocycles. The van der Waals surface area contributed by atoms with Crippen LogP contribution in [0.3, 0.4) is 0 Å². The maximum absolute atomic E-state index is 5.57. The lowest BCUT2D eigenvalue weighted by atomic mass is 10.4. The summed E-state index contributed by atoms with van der Waals surface area (Å²) < 4.78 is 15.7. The highest BCUT2D eigenvalue weighted by Crippen LogP contribution is 2.18. The van der Waals surface area contributed by atoms with Crippen LogP contribution in [-0.2, 0) is 14.2 Å². The molecule has 0 amide bonds. The number of hydrogen-bond acceptors (Lipinski definition) is 4. The zero-order valence-corrected chi connectivity index (χ0v) is 9.83. The van der Waals surface area contributed by atoms with E-state index in [1.807, 2.05) is 0 Å². The first kappa shape index (κ1) is 12.9. The van der Waals surface area contributed by atoms with Crippen molar-refractivity contribution in [3.05, 3.63) is 0 Å². The molecule has 0 saturated heterocycles. The average Bonchev–Trinajstić information content (AvgIpc) is 3.04.